The predicted octanol–water partition coefficient (Wildman–Crippen LogP) is 6.91. The molecule has 3 aromatic carbocycles. The van der Waals surface area contributed by atoms with Gasteiger partial charge in [0.2, 0.25) is 0 Å². The molecule has 0 fully saturated rings. The lowest BCUT2D eigenvalue weighted by Crippen LogP contribution is -2.12. The van der Waals surface area contributed by atoms with E-state index in [0.29, 0.717) is 6.61 Å². The van der Waals surface area contributed by atoms with Gasteiger partial charge in [-0.1, -0.05) is 42.5 Å². The maximum Gasteiger partial charge on any atom is 0.165 e. The van der Waals surface area contributed by atoms with E-state index >= 15 is 0 Å². The van der Waals surface area contributed by atoms with Crippen LogP contribution in [-0.4, -0.2) is 34.2 Å². The van der Waals surface area contributed by atoms with Crippen molar-refractivity contribution < 1.29 is 23.3 Å². The van der Waals surface area contributed by atoms with Crippen molar-refractivity contribution in [3.05, 3.63) is 94.8 Å². The molecule has 0 aliphatic heterocycles. The summed E-state index contributed by atoms with van der Waals surface area (Å²) in [6.45, 7) is 0.630. The third-order valence-corrected chi connectivity index (χ3v) is 6.49. The van der Waals surface area contributed by atoms with E-state index in [2.05, 4.69) is 24.3 Å². The first kappa shape index (κ1) is 25.0. The summed E-state index contributed by atoms with van der Waals surface area (Å²) in [7, 11) is 4.81. The summed E-state index contributed by atoms with van der Waals surface area (Å²) in [5, 5.41) is 0. The van der Waals surface area contributed by atoms with Gasteiger partial charge in [-0.25, -0.2) is 4.39 Å². The monoisotopic (exact) mass is 476 g/mol. The van der Waals surface area contributed by atoms with Crippen molar-refractivity contribution in [3.63, 3.8) is 0 Å². The second kappa shape index (κ2) is 12.0. The van der Waals surface area contributed by atoms with Gasteiger partial charge in [0.1, 0.15) is 5.75 Å². The Hall–Kier alpha value is -3.15. The van der Waals surface area contributed by atoms with Crippen LogP contribution in [0.4, 0.5) is 4.39 Å². The van der Waals surface area contributed by atoms with Gasteiger partial charge in [0.25, 0.3) is 0 Å². The van der Waals surface area contributed by atoms with Crippen LogP contribution in [0.1, 0.15) is 47.9 Å². The molecule has 0 spiro atoms. The van der Waals surface area contributed by atoms with Gasteiger partial charge < -0.3 is 18.9 Å². The molecule has 0 heterocycles. The third-order valence-electron chi connectivity index (χ3n) is 6.49. The van der Waals surface area contributed by atoms with Gasteiger partial charge >= 0.3 is 0 Å². The van der Waals surface area contributed by atoms with E-state index < -0.39 is 0 Å². The van der Waals surface area contributed by atoms with Crippen LogP contribution < -0.4 is 9.47 Å². The van der Waals surface area contributed by atoms with Crippen LogP contribution in [0.5, 0.6) is 11.5 Å². The van der Waals surface area contributed by atoms with E-state index in [1.165, 1.54) is 12.7 Å². The van der Waals surface area contributed by atoms with Crippen molar-refractivity contribution in [2.75, 3.05) is 27.9 Å². The fraction of sp³-hybridized carbons (Fsp3) is 0.333. The largest absolute Gasteiger partial charge is 0.494 e. The normalized spacial score (nSPS) is 13.2. The molecule has 3 aromatic rings. The maximum absolute atomic E-state index is 14.8. The first-order chi connectivity index (χ1) is 17.1. The van der Waals surface area contributed by atoms with Crippen LogP contribution in [-0.2, 0) is 15.9 Å². The van der Waals surface area contributed by atoms with Crippen LogP contribution in [0.3, 0.4) is 0 Å². The van der Waals surface area contributed by atoms with Crippen molar-refractivity contribution in [2.24, 2.45) is 0 Å². The minimum Gasteiger partial charge on any atom is -0.494 e. The molecule has 0 unspecified atom stereocenters. The minimum atomic E-state index is -0.345. The molecule has 0 radical (unpaired) electrons. The Balaban J connectivity index is 1.57. The molecule has 4 nitrogen and oxygen atoms in total. The van der Waals surface area contributed by atoms with Crippen molar-refractivity contribution in [2.45, 2.75) is 38.4 Å². The lowest BCUT2D eigenvalue weighted by Gasteiger charge is -2.25. The third kappa shape index (κ3) is 5.92. The molecule has 184 valence electrons. The summed E-state index contributed by atoms with van der Waals surface area (Å²) < 4.78 is 36.4. The molecular formula is C30H33FO4. The second-order valence-corrected chi connectivity index (χ2v) is 8.63. The molecule has 0 saturated carbocycles. The van der Waals surface area contributed by atoms with Crippen molar-refractivity contribution in [1.82, 2.24) is 0 Å². The number of hydrogen-bond acceptors (Lipinski definition) is 4. The molecule has 4 rings (SSSR count). The van der Waals surface area contributed by atoms with Crippen LogP contribution in [0.15, 0.2) is 66.7 Å². The number of halogens is 1. The summed E-state index contributed by atoms with van der Waals surface area (Å²) in [5.41, 5.74) is 6.52. The van der Waals surface area contributed by atoms with E-state index in [9.17, 15) is 4.39 Å². The number of methoxy groups -OCH3 is 3. The number of ether oxygens (including phenoxy) is 4. The van der Waals surface area contributed by atoms with Gasteiger partial charge in [0, 0.05) is 14.2 Å². The van der Waals surface area contributed by atoms with Crippen LogP contribution in [0.2, 0.25) is 0 Å². The standard InChI is InChI=1S/C30H33FO4/c1-32-28-19-23-14-17-25(21-9-5-4-6-10-21)30(26(23)20-27(28)31)22-12-15-24(16-13-22)35-18-8-7-11-29(33-2)34-3/h4-6,9-10,12-13,15-16,19-20,29H,7-8,11,14,17-18H2,1-3H3. The van der Waals surface area contributed by atoms with E-state index in [1.807, 2.05) is 36.4 Å². The zero-order chi connectivity index (χ0) is 24.6. The fourth-order valence-corrected chi connectivity index (χ4v) is 4.65. The van der Waals surface area contributed by atoms with Crippen LogP contribution >= 0.6 is 0 Å². The van der Waals surface area contributed by atoms with Gasteiger partial charge in [0.15, 0.2) is 17.9 Å². The van der Waals surface area contributed by atoms with Gasteiger partial charge in [-0.3, -0.25) is 0 Å². The molecule has 0 atom stereocenters. The quantitative estimate of drug-likeness (QED) is 0.223. The van der Waals surface area contributed by atoms with E-state index in [-0.39, 0.29) is 17.9 Å². The molecule has 0 bridgehead atoms. The van der Waals surface area contributed by atoms with E-state index in [4.69, 9.17) is 18.9 Å². The van der Waals surface area contributed by atoms with Gasteiger partial charge in [0.05, 0.1) is 13.7 Å². The highest BCUT2D eigenvalue weighted by Crippen LogP contribution is 2.42. The van der Waals surface area contributed by atoms with E-state index in [0.717, 1.165) is 65.7 Å². The Morgan fingerprint density at radius 1 is 0.829 bits per heavy atom. The lowest BCUT2D eigenvalue weighted by atomic mass is 9.79. The molecule has 1 aliphatic rings. The molecule has 0 N–H and O–H groups in total. The number of hydrogen-bond donors (Lipinski definition) is 0. The number of allylic oxidation sites excluding steroid dienone is 1. The van der Waals surface area contributed by atoms with Crippen molar-refractivity contribution in [1.29, 1.82) is 0 Å². The highest BCUT2D eigenvalue weighted by molar-refractivity contribution is 6.00. The highest BCUT2D eigenvalue weighted by atomic mass is 19.1. The summed E-state index contributed by atoms with van der Waals surface area (Å²) in [6, 6.07) is 21.9. The number of unbranched alkanes of at least 4 members (excludes halogenated alkanes) is 1. The second-order valence-electron chi connectivity index (χ2n) is 8.63. The number of fused-ring (bicyclic) bond motifs is 1. The van der Waals surface area contributed by atoms with Crippen molar-refractivity contribution in [3.8, 4) is 11.5 Å². The number of aryl methyl sites for hydroxylation is 1. The summed E-state index contributed by atoms with van der Waals surface area (Å²) in [4.78, 5) is 0. The summed E-state index contributed by atoms with van der Waals surface area (Å²) >= 11 is 0. The molecule has 5 heteroatoms. The molecular weight excluding hydrogens is 443 g/mol. The number of benzene rings is 3. The fourth-order valence-electron chi connectivity index (χ4n) is 4.65. The average molecular weight is 477 g/mol. The van der Waals surface area contributed by atoms with E-state index in [1.54, 1.807) is 20.3 Å². The SMILES string of the molecule is COc1cc2c(cc1F)C(c1ccc(OCCCCC(OC)OC)cc1)=C(c1ccccc1)CC2. The van der Waals surface area contributed by atoms with Crippen LogP contribution in [0.25, 0.3) is 11.1 Å². The van der Waals surface area contributed by atoms with Crippen molar-refractivity contribution >= 4 is 11.1 Å². The maximum atomic E-state index is 14.8. The van der Waals surface area contributed by atoms with Gasteiger partial charge in [-0.05, 0) is 89.8 Å². The topological polar surface area (TPSA) is 36.9 Å². The first-order valence-corrected chi connectivity index (χ1v) is 12.1. The zero-order valence-corrected chi connectivity index (χ0v) is 20.7. The van der Waals surface area contributed by atoms with Gasteiger partial charge in [-0.2, -0.15) is 0 Å². The Bertz CT molecular complexity index is 1140. The Morgan fingerprint density at radius 2 is 1.57 bits per heavy atom. The summed E-state index contributed by atoms with van der Waals surface area (Å²) in [6.07, 6.45) is 4.28. The Labute approximate surface area is 207 Å². The number of rotatable bonds is 11. The Morgan fingerprint density at radius 3 is 2.26 bits per heavy atom. The first-order valence-electron chi connectivity index (χ1n) is 12.1. The average Bonchev–Trinajstić information content (AvgIpc) is 2.90. The molecule has 0 amide bonds. The smallest absolute Gasteiger partial charge is 0.165 e. The highest BCUT2D eigenvalue weighted by Gasteiger charge is 2.23. The van der Waals surface area contributed by atoms with Crippen LogP contribution in [0, 0.1) is 5.82 Å². The Kier molecular flexibility index (Phi) is 8.56. The molecule has 0 saturated heterocycles. The minimum absolute atomic E-state index is 0.162. The summed E-state index contributed by atoms with van der Waals surface area (Å²) in [5.74, 6) is 0.766. The lowest BCUT2D eigenvalue weighted by molar-refractivity contribution is -0.107. The molecule has 0 aromatic heterocycles. The molecule has 1 aliphatic carbocycles. The predicted molar refractivity (Wildman–Crippen MR) is 137 cm³/mol. The molecule has 35 heavy (non-hydrogen) atoms. The van der Waals surface area contributed by atoms with Gasteiger partial charge in [-0.15, -0.1) is 0 Å². The zero-order valence-electron chi connectivity index (χ0n) is 20.7.